The van der Waals surface area contributed by atoms with Crippen molar-refractivity contribution in [2.75, 3.05) is 39.0 Å². The van der Waals surface area contributed by atoms with Gasteiger partial charge in [-0.05, 0) is 102 Å². The molecule has 2 saturated carbocycles. The van der Waals surface area contributed by atoms with Gasteiger partial charge >= 0.3 is 12.1 Å². The largest absolute Gasteiger partial charge is 0.334 e. The SMILES string of the molecule is CCS(=O)(=O)c1ccc(CNC(=O)N2CC(c3ccccc3)C(c3cn(C4CC4)nc3C(C)(C)Cc3ccc(C4CN(C(=O)NCc5ccc(S(=O)(=O)NC)cc5)CC4c4cn(C5CC5)nc4C(C)(C)C)cc3)C2)cc1. The Morgan fingerprint density at radius 1 is 0.566 bits per heavy atom. The molecule has 2 aromatic heterocycles. The first-order valence-corrected chi connectivity index (χ1v) is 30.1. The molecule has 4 amide bonds. The Balaban J connectivity index is 0.889. The first-order valence-electron chi connectivity index (χ1n) is 26.9. The van der Waals surface area contributed by atoms with E-state index in [1.54, 1.807) is 55.5 Å². The maximum absolute atomic E-state index is 14.1. The maximum atomic E-state index is 14.1. The van der Waals surface area contributed by atoms with Crippen molar-refractivity contribution in [2.45, 2.75) is 143 Å². The molecule has 0 bridgehead atoms. The van der Waals surface area contributed by atoms with Gasteiger partial charge in [-0.2, -0.15) is 10.2 Å². The molecule has 2 aliphatic carbocycles. The highest BCUT2D eigenvalue weighted by atomic mass is 32.2. The number of hydrogen-bond acceptors (Lipinski definition) is 8. The van der Waals surface area contributed by atoms with E-state index < -0.39 is 19.9 Å². The summed E-state index contributed by atoms with van der Waals surface area (Å²) in [4.78, 5) is 32.4. The maximum Gasteiger partial charge on any atom is 0.317 e. The zero-order valence-electron chi connectivity index (χ0n) is 44.9. The number of likely N-dealkylation sites (tertiary alicyclic amines) is 2. The second kappa shape index (κ2) is 20.9. The van der Waals surface area contributed by atoms with Crippen LogP contribution in [0.15, 0.2) is 125 Å². The number of benzene rings is 4. The van der Waals surface area contributed by atoms with Gasteiger partial charge in [-0.25, -0.2) is 31.1 Å². The van der Waals surface area contributed by atoms with E-state index >= 15 is 0 Å². The molecule has 0 radical (unpaired) electrons. The lowest BCUT2D eigenvalue weighted by Crippen LogP contribution is -2.38. The summed E-state index contributed by atoms with van der Waals surface area (Å²) in [6, 6.07) is 33.2. The van der Waals surface area contributed by atoms with E-state index in [9.17, 15) is 26.4 Å². The molecular formula is C59H73N9O6S2. The molecule has 4 unspecified atom stereocenters. The van der Waals surface area contributed by atoms with Crippen molar-refractivity contribution in [3.63, 3.8) is 0 Å². The molecule has 2 aliphatic heterocycles. The lowest BCUT2D eigenvalue weighted by Gasteiger charge is -2.28. The van der Waals surface area contributed by atoms with Gasteiger partial charge in [0.2, 0.25) is 10.0 Å². The number of carbonyl (C=O) groups excluding carboxylic acids is 2. The van der Waals surface area contributed by atoms with Crippen LogP contribution >= 0.6 is 0 Å². The first-order chi connectivity index (χ1) is 36.2. The molecule has 15 nitrogen and oxygen atoms in total. The smallest absolute Gasteiger partial charge is 0.317 e. The van der Waals surface area contributed by atoms with Gasteiger partial charge in [-0.15, -0.1) is 0 Å². The Morgan fingerprint density at radius 3 is 1.46 bits per heavy atom. The summed E-state index contributed by atoms with van der Waals surface area (Å²) >= 11 is 0. The third-order valence-electron chi connectivity index (χ3n) is 16.1. The first kappa shape index (κ1) is 53.1. The average molecular weight is 1070 g/mol. The number of sulfone groups is 1. The number of carbonyl (C=O) groups is 2. The van der Waals surface area contributed by atoms with Gasteiger partial charge in [0, 0.05) is 86.2 Å². The number of urea groups is 2. The Bertz CT molecular complexity index is 3290. The summed E-state index contributed by atoms with van der Waals surface area (Å²) in [7, 11) is -5.51. The number of amides is 4. The number of nitrogens with one attached hydrogen (secondary N) is 3. The quantitative estimate of drug-likeness (QED) is 0.0808. The second-order valence-corrected chi connectivity index (χ2v) is 27.4. The minimum atomic E-state index is -3.57. The molecule has 3 N–H and O–H groups in total. The fourth-order valence-corrected chi connectivity index (χ4v) is 13.0. The van der Waals surface area contributed by atoms with E-state index in [0.29, 0.717) is 38.3 Å². The number of aromatic nitrogens is 4. The molecule has 4 fully saturated rings. The van der Waals surface area contributed by atoms with Gasteiger partial charge in [-0.3, -0.25) is 9.36 Å². The lowest BCUT2D eigenvalue weighted by atomic mass is 9.75. The minimum Gasteiger partial charge on any atom is -0.334 e. The van der Waals surface area contributed by atoms with E-state index in [-0.39, 0.29) is 75.2 Å². The highest BCUT2D eigenvalue weighted by Gasteiger charge is 2.44. The predicted molar refractivity (Wildman–Crippen MR) is 295 cm³/mol. The minimum absolute atomic E-state index is 0.000237. The topological polar surface area (TPSA) is 181 Å². The van der Waals surface area contributed by atoms with Gasteiger partial charge in [0.15, 0.2) is 9.84 Å². The molecule has 17 heteroatoms. The van der Waals surface area contributed by atoms with Crippen LogP contribution in [0.1, 0.15) is 153 Å². The van der Waals surface area contributed by atoms with Gasteiger partial charge in [0.1, 0.15) is 0 Å². The number of rotatable bonds is 17. The molecule has 4 heterocycles. The van der Waals surface area contributed by atoms with Gasteiger partial charge in [-0.1, -0.05) is 120 Å². The summed E-state index contributed by atoms with van der Waals surface area (Å²) in [6.07, 6.45) is 9.67. The van der Waals surface area contributed by atoms with Crippen molar-refractivity contribution in [1.82, 2.24) is 44.7 Å². The summed E-state index contributed by atoms with van der Waals surface area (Å²) < 4.78 is 56.2. The van der Waals surface area contributed by atoms with Crippen LogP contribution in [0.4, 0.5) is 9.59 Å². The van der Waals surface area contributed by atoms with Crippen molar-refractivity contribution >= 4 is 31.9 Å². The molecule has 10 rings (SSSR count). The molecular weight excluding hydrogens is 995 g/mol. The zero-order valence-corrected chi connectivity index (χ0v) is 46.5. The summed E-state index contributed by atoms with van der Waals surface area (Å²) in [5.41, 5.74) is 9.07. The van der Waals surface area contributed by atoms with Crippen LogP contribution in [-0.2, 0) is 50.2 Å². The predicted octanol–water partition coefficient (Wildman–Crippen LogP) is 9.45. The van der Waals surface area contributed by atoms with Crippen LogP contribution < -0.4 is 15.4 Å². The van der Waals surface area contributed by atoms with Gasteiger partial charge < -0.3 is 20.4 Å². The fourth-order valence-electron chi connectivity index (χ4n) is 11.4. The van der Waals surface area contributed by atoms with Crippen LogP contribution in [0.5, 0.6) is 0 Å². The van der Waals surface area contributed by atoms with Crippen LogP contribution in [-0.4, -0.2) is 97.2 Å². The summed E-state index contributed by atoms with van der Waals surface area (Å²) in [6.45, 7) is 15.5. The number of sulfonamides is 1. The van der Waals surface area contributed by atoms with Gasteiger partial charge in [0.25, 0.3) is 0 Å². The van der Waals surface area contributed by atoms with E-state index in [0.717, 1.165) is 60.2 Å². The van der Waals surface area contributed by atoms with E-state index in [1.807, 2.05) is 15.9 Å². The van der Waals surface area contributed by atoms with E-state index in [4.69, 9.17) is 10.2 Å². The van der Waals surface area contributed by atoms with Crippen LogP contribution in [0.25, 0.3) is 0 Å². The van der Waals surface area contributed by atoms with Crippen molar-refractivity contribution in [1.29, 1.82) is 0 Å². The summed E-state index contributed by atoms with van der Waals surface area (Å²) in [5.74, 6) is 0.103. The Kier molecular flexibility index (Phi) is 14.6. The van der Waals surface area contributed by atoms with E-state index in [1.165, 1.54) is 29.3 Å². The zero-order chi connectivity index (χ0) is 53.7. The molecule has 4 aromatic carbocycles. The molecule has 2 saturated heterocycles. The molecule has 0 spiro atoms. The van der Waals surface area contributed by atoms with Crippen LogP contribution in [0, 0.1) is 0 Å². The summed E-state index contributed by atoms with van der Waals surface area (Å²) in [5, 5.41) is 16.8. The Hall–Kier alpha value is -6.30. The molecule has 76 heavy (non-hydrogen) atoms. The van der Waals surface area contributed by atoms with Crippen molar-refractivity contribution in [3.8, 4) is 0 Å². The van der Waals surface area contributed by atoms with Crippen LogP contribution in [0.2, 0.25) is 0 Å². The van der Waals surface area contributed by atoms with Crippen molar-refractivity contribution in [2.24, 2.45) is 0 Å². The highest BCUT2D eigenvalue weighted by molar-refractivity contribution is 7.91. The van der Waals surface area contributed by atoms with Crippen molar-refractivity contribution in [3.05, 3.63) is 166 Å². The molecule has 4 atom stereocenters. The standard InChI is InChI=1S/C59H73N9O6S2/c1-8-75(71,72)46-26-16-40(17-27-46)31-61-56(69)65-33-48(42-12-10-9-11-13-42)51(36-65)53-38-68(45-24-25-45)64-55(53)59(5,6)30-39-14-20-43(21-15-39)49-34-66(57(70)62-32-41-18-28-47(29-19-41)76(73,74)60-7)35-50(49)52-37-67(44-22-23-44)63-54(52)58(2,3)4/h9-21,26-29,37-38,44-45,48-51,60H,8,22-25,30-36H2,1-7H3,(H,61,69)(H,62,70). The molecule has 4 aliphatic rings. The fraction of sp³-hybridized carbons (Fsp3) is 0.458. The van der Waals surface area contributed by atoms with Crippen LogP contribution in [0.3, 0.4) is 0 Å². The van der Waals surface area contributed by atoms with E-state index in [2.05, 4.69) is 120 Å². The third-order valence-corrected chi connectivity index (χ3v) is 19.2. The Labute approximate surface area is 448 Å². The number of hydrogen-bond donors (Lipinski definition) is 3. The monoisotopic (exact) mass is 1070 g/mol. The highest BCUT2D eigenvalue weighted by Crippen LogP contribution is 2.48. The number of nitrogens with zero attached hydrogens (tertiary/aromatic N) is 6. The molecule has 6 aromatic rings. The molecule has 402 valence electrons. The normalized spacial score (nSPS) is 20.3. The third kappa shape index (κ3) is 11.4. The lowest BCUT2D eigenvalue weighted by molar-refractivity contribution is 0.206. The second-order valence-electron chi connectivity index (χ2n) is 23.2. The van der Waals surface area contributed by atoms with Gasteiger partial charge in [0.05, 0.1) is 39.0 Å². The van der Waals surface area contributed by atoms with Crippen molar-refractivity contribution < 1.29 is 26.4 Å². The average Bonchev–Trinajstić information content (AvgIpc) is 4.23. The Morgan fingerprint density at radius 2 is 1.00 bits per heavy atom.